The lowest BCUT2D eigenvalue weighted by atomic mass is 9.94. The average Bonchev–Trinajstić information content (AvgIpc) is 2.29. The summed E-state index contributed by atoms with van der Waals surface area (Å²) < 4.78 is 0. The summed E-state index contributed by atoms with van der Waals surface area (Å²) in [4.78, 5) is 2.55. The zero-order chi connectivity index (χ0) is 11.1. The fourth-order valence-corrected chi connectivity index (χ4v) is 2.39. The van der Waals surface area contributed by atoms with E-state index in [0.717, 1.165) is 19.1 Å². The van der Waals surface area contributed by atoms with Gasteiger partial charge in [-0.25, -0.2) is 0 Å². The molecule has 2 nitrogen and oxygen atoms in total. The van der Waals surface area contributed by atoms with E-state index in [-0.39, 0.29) is 0 Å². The minimum absolute atomic E-state index is 0.632. The van der Waals surface area contributed by atoms with Gasteiger partial charge in [0, 0.05) is 25.2 Å². The molecule has 1 saturated carbocycles. The van der Waals surface area contributed by atoms with Crippen molar-refractivity contribution in [2.24, 2.45) is 0 Å². The van der Waals surface area contributed by atoms with Crippen LogP contribution in [0.2, 0.25) is 0 Å². The summed E-state index contributed by atoms with van der Waals surface area (Å²) in [5, 5.41) is 3.40. The van der Waals surface area contributed by atoms with Gasteiger partial charge in [-0.05, 0) is 26.8 Å². The van der Waals surface area contributed by atoms with Crippen molar-refractivity contribution in [3.63, 3.8) is 0 Å². The predicted molar refractivity (Wildman–Crippen MR) is 67.2 cm³/mol. The van der Waals surface area contributed by atoms with Gasteiger partial charge in [-0.2, -0.15) is 0 Å². The molecule has 0 heterocycles. The molecule has 0 aromatic rings. The molecule has 0 aromatic carbocycles. The van der Waals surface area contributed by atoms with Crippen molar-refractivity contribution in [1.82, 2.24) is 10.2 Å². The van der Waals surface area contributed by atoms with E-state index in [0.29, 0.717) is 6.04 Å². The first-order valence-corrected chi connectivity index (χ1v) is 6.29. The van der Waals surface area contributed by atoms with Crippen LogP contribution in [0.5, 0.6) is 0 Å². The van der Waals surface area contributed by atoms with Crippen LogP contribution in [0.25, 0.3) is 0 Å². The topological polar surface area (TPSA) is 15.3 Å². The summed E-state index contributed by atoms with van der Waals surface area (Å²) in [5.41, 5.74) is 0. The monoisotopic (exact) mass is 210 g/mol. The molecule has 1 N–H and O–H groups in total. The molecule has 0 spiro atoms. The Labute approximate surface area is 94.7 Å². The zero-order valence-electron chi connectivity index (χ0n) is 10.3. The highest BCUT2D eigenvalue weighted by Gasteiger charge is 2.21. The highest BCUT2D eigenvalue weighted by Crippen LogP contribution is 2.22. The SMILES string of the molecule is C=CCNCC(C)N(C)C1CCCCC1. The second-order valence-electron chi connectivity index (χ2n) is 4.75. The average molecular weight is 210 g/mol. The highest BCUT2D eigenvalue weighted by atomic mass is 15.2. The Morgan fingerprint density at radius 2 is 2.07 bits per heavy atom. The van der Waals surface area contributed by atoms with Crippen molar-refractivity contribution >= 4 is 0 Å². The van der Waals surface area contributed by atoms with E-state index >= 15 is 0 Å². The standard InChI is InChI=1S/C13H26N2/c1-4-10-14-11-12(2)15(3)13-8-6-5-7-9-13/h4,12-14H,1,5-11H2,2-3H3. The van der Waals surface area contributed by atoms with Crippen molar-refractivity contribution < 1.29 is 0 Å². The van der Waals surface area contributed by atoms with Gasteiger partial charge in [0.1, 0.15) is 0 Å². The smallest absolute Gasteiger partial charge is 0.0192 e. The van der Waals surface area contributed by atoms with Crippen molar-refractivity contribution in [2.75, 3.05) is 20.1 Å². The van der Waals surface area contributed by atoms with Crippen LogP contribution in [-0.2, 0) is 0 Å². The number of nitrogens with zero attached hydrogens (tertiary/aromatic N) is 1. The number of hydrogen-bond acceptors (Lipinski definition) is 2. The number of hydrogen-bond donors (Lipinski definition) is 1. The molecule has 1 unspecified atom stereocenters. The molecule has 0 amide bonds. The Kier molecular flexibility index (Phi) is 5.96. The molecule has 0 bridgehead atoms. The lowest BCUT2D eigenvalue weighted by Crippen LogP contribution is -2.44. The summed E-state index contributed by atoms with van der Waals surface area (Å²) in [6.45, 7) is 8.01. The highest BCUT2D eigenvalue weighted by molar-refractivity contribution is 4.79. The normalized spacial score (nSPS) is 20.5. The first-order valence-electron chi connectivity index (χ1n) is 6.29. The Hall–Kier alpha value is -0.340. The number of nitrogens with one attached hydrogen (secondary N) is 1. The van der Waals surface area contributed by atoms with Crippen LogP contribution in [-0.4, -0.2) is 37.1 Å². The first kappa shape index (κ1) is 12.7. The van der Waals surface area contributed by atoms with Gasteiger partial charge in [-0.15, -0.1) is 6.58 Å². The molecule has 15 heavy (non-hydrogen) atoms. The van der Waals surface area contributed by atoms with Gasteiger partial charge in [0.25, 0.3) is 0 Å². The van der Waals surface area contributed by atoms with Crippen LogP contribution in [0.15, 0.2) is 12.7 Å². The largest absolute Gasteiger partial charge is 0.312 e. The summed E-state index contributed by atoms with van der Waals surface area (Å²) in [6.07, 6.45) is 8.98. The molecular weight excluding hydrogens is 184 g/mol. The number of rotatable bonds is 6. The van der Waals surface area contributed by atoms with E-state index in [1.807, 2.05) is 6.08 Å². The fraction of sp³-hybridized carbons (Fsp3) is 0.846. The molecule has 1 aliphatic rings. The first-order chi connectivity index (χ1) is 7.25. The molecule has 2 heteroatoms. The summed E-state index contributed by atoms with van der Waals surface area (Å²) in [6, 6.07) is 1.45. The van der Waals surface area contributed by atoms with Gasteiger partial charge < -0.3 is 5.32 Å². The predicted octanol–water partition coefficient (Wildman–Crippen LogP) is 2.42. The van der Waals surface area contributed by atoms with Gasteiger partial charge in [-0.3, -0.25) is 4.90 Å². The Bertz CT molecular complexity index is 173. The van der Waals surface area contributed by atoms with Crippen LogP contribution in [0.1, 0.15) is 39.0 Å². The number of likely N-dealkylation sites (N-methyl/N-ethyl adjacent to an activating group) is 1. The summed E-state index contributed by atoms with van der Waals surface area (Å²) in [7, 11) is 2.27. The van der Waals surface area contributed by atoms with Gasteiger partial charge in [0.05, 0.1) is 0 Å². The van der Waals surface area contributed by atoms with E-state index in [1.54, 1.807) is 0 Å². The molecular formula is C13H26N2. The maximum absolute atomic E-state index is 3.72. The second-order valence-corrected chi connectivity index (χ2v) is 4.75. The van der Waals surface area contributed by atoms with Crippen LogP contribution in [0, 0.1) is 0 Å². The lowest BCUT2D eigenvalue weighted by Gasteiger charge is -2.35. The van der Waals surface area contributed by atoms with E-state index < -0.39 is 0 Å². The van der Waals surface area contributed by atoms with Crippen LogP contribution < -0.4 is 5.32 Å². The third-order valence-corrected chi connectivity index (χ3v) is 3.57. The Morgan fingerprint density at radius 1 is 1.40 bits per heavy atom. The zero-order valence-corrected chi connectivity index (χ0v) is 10.3. The molecule has 1 fully saturated rings. The van der Waals surface area contributed by atoms with Gasteiger partial charge in [0.15, 0.2) is 0 Å². The van der Waals surface area contributed by atoms with Crippen LogP contribution in [0.4, 0.5) is 0 Å². The van der Waals surface area contributed by atoms with Gasteiger partial charge in [0.2, 0.25) is 0 Å². The fourth-order valence-electron chi connectivity index (χ4n) is 2.39. The third kappa shape index (κ3) is 4.35. The van der Waals surface area contributed by atoms with Crippen molar-refractivity contribution in [1.29, 1.82) is 0 Å². The molecule has 0 aliphatic heterocycles. The quantitative estimate of drug-likeness (QED) is 0.535. The molecule has 88 valence electrons. The lowest BCUT2D eigenvalue weighted by molar-refractivity contribution is 0.145. The molecule has 1 rings (SSSR count). The second kappa shape index (κ2) is 7.02. The minimum Gasteiger partial charge on any atom is -0.312 e. The van der Waals surface area contributed by atoms with E-state index in [1.165, 1.54) is 32.1 Å². The molecule has 0 saturated heterocycles. The molecule has 0 aromatic heterocycles. The van der Waals surface area contributed by atoms with Gasteiger partial charge >= 0.3 is 0 Å². The Balaban J connectivity index is 2.23. The van der Waals surface area contributed by atoms with Crippen LogP contribution in [0.3, 0.4) is 0 Å². The molecule has 0 radical (unpaired) electrons. The maximum atomic E-state index is 3.72. The van der Waals surface area contributed by atoms with Gasteiger partial charge in [-0.1, -0.05) is 25.3 Å². The van der Waals surface area contributed by atoms with Crippen LogP contribution >= 0.6 is 0 Å². The van der Waals surface area contributed by atoms with Crippen molar-refractivity contribution in [3.8, 4) is 0 Å². The maximum Gasteiger partial charge on any atom is 0.0192 e. The summed E-state index contributed by atoms with van der Waals surface area (Å²) >= 11 is 0. The van der Waals surface area contributed by atoms with Crippen molar-refractivity contribution in [3.05, 3.63) is 12.7 Å². The van der Waals surface area contributed by atoms with E-state index in [9.17, 15) is 0 Å². The summed E-state index contributed by atoms with van der Waals surface area (Å²) in [5.74, 6) is 0. The molecule has 1 aliphatic carbocycles. The third-order valence-electron chi connectivity index (χ3n) is 3.57. The van der Waals surface area contributed by atoms with E-state index in [4.69, 9.17) is 0 Å². The Morgan fingerprint density at radius 3 is 2.67 bits per heavy atom. The minimum atomic E-state index is 0.632. The van der Waals surface area contributed by atoms with Crippen molar-refractivity contribution in [2.45, 2.75) is 51.1 Å². The van der Waals surface area contributed by atoms with E-state index in [2.05, 4.69) is 30.8 Å². The molecule has 1 atom stereocenters.